The number of unbranched alkanes of at least 4 members (excludes halogenated alkanes) is 1. The predicted octanol–water partition coefficient (Wildman–Crippen LogP) is 2.97. The molecule has 1 saturated heterocycles. The Morgan fingerprint density at radius 1 is 1.15 bits per heavy atom. The SMILES string of the molecule is CCC1C[N+](CCCC=O)(CCC[P+](=O)O)CC1CC. The Morgan fingerprint density at radius 3 is 2.15 bits per heavy atom. The first-order valence-corrected chi connectivity index (χ1v) is 9.39. The number of carbonyl (C=O) groups is 1. The normalized spacial score (nSPS) is 30.4. The lowest BCUT2D eigenvalue weighted by molar-refractivity contribution is -0.919. The van der Waals surface area contributed by atoms with Gasteiger partial charge in [-0.25, -0.2) is 0 Å². The molecule has 1 aliphatic heterocycles. The smallest absolute Gasteiger partial charge is 0.323 e. The van der Waals surface area contributed by atoms with Crippen molar-refractivity contribution in [3.8, 4) is 0 Å². The first-order chi connectivity index (χ1) is 9.56. The third-order valence-corrected chi connectivity index (χ3v) is 5.59. The average molecular weight is 303 g/mol. The minimum atomic E-state index is -2.00. The van der Waals surface area contributed by atoms with Crippen LogP contribution in [-0.4, -0.2) is 48.0 Å². The van der Waals surface area contributed by atoms with E-state index in [0.29, 0.717) is 12.6 Å². The molecule has 20 heavy (non-hydrogen) atoms. The number of hydrogen-bond donors (Lipinski definition) is 1. The molecule has 1 fully saturated rings. The van der Waals surface area contributed by atoms with Gasteiger partial charge in [-0.3, -0.25) is 0 Å². The van der Waals surface area contributed by atoms with Gasteiger partial charge in [0.05, 0.1) is 26.2 Å². The van der Waals surface area contributed by atoms with Crippen molar-refractivity contribution in [3.05, 3.63) is 0 Å². The van der Waals surface area contributed by atoms with E-state index in [4.69, 9.17) is 4.89 Å². The first-order valence-electron chi connectivity index (χ1n) is 7.99. The van der Waals surface area contributed by atoms with E-state index < -0.39 is 8.03 Å². The van der Waals surface area contributed by atoms with E-state index in [9.17, 15) is 9.36 Å². The quantitative estimate of drug-likeness (QED) is 0.292. The molecular weight excluding hydrogens is 273 g/mol. The Hall–Kier alpha value is -0.310. The molecule has 1 aliphatic rings. The van der Waals surface area contributed by atoms with E-state index in [2.05, 4.69) is 13.8 Å². The van der Waals surface area contributed by atoms with Gasteiger partial charge in [-0.15, -0.1) is 0 Å². The van der Waals surface area contributed by atoms with Crippen molar-refractivity contribution in [1.29, 1.82) is 0 Å². The third kappa shape index (κ3) is 5.23. The minimum Gasteiger partial charge on any atom is -0.323 e. The number of likely N-dealkylation sites (tertiary alicyclic amines) is 1. The highest BCUT2D eigenvalue weighted by molar-refractivity contribution is 7.37. The molecule has 0 spiro atoms. The zero-order valence-electron chi connectivity index (χ0n) is 13.0. The largest absolute Gasteiger partial charge is 0.505 e. The van der Waals surface area contributed by atoms with E-state index in [0.717, 1.165) is 48.5 Å². The summed E-state index contributed by atoms with van der Waals surface area (Å²) < 4.78 is 11.9. The van der Waals surface area contributed by atoms with Gasteiger partial charge in [-0.2, -0.15) is 4.89 Å². The second kappa shape index (κ2) is 8.86. The highest BCUT2D eigenvalue weighted by Crippen LogP contribution is 2.35. The minimum absolute atomic E-state index is 0.413. The highest BCUT2D eigenvalue weighted by Gasteiger charge is 2.43. The lowest BCUT2D eigenvalue weighted by atomic mass is 9.92. The van der Waals surface area contributed by atoms with Crippen LogP contribution in [0.2, 0.25) is 0 Å². The number of carbonyl (C=O) groups excluding carboxylic acids is 1. The molecular formula is C15H30NO3P+2. The summed E-state index contributed by atoms with van der Waals surface area (Å²) in [5, 5.41) is 0. The molecule has 0 aromatic heterocycles. The third-order valence-electron chi connectivity index (χ3n) is 4.90. The maximum atomic E-state index is 10.9. The molecule has 116 valence electrons. The lowest BCUT2D eigenvalue weighted by Gasteiger charge is -2.34. The maximum absolute atomic E-state index is 10.9. The van der Waals surface area contributed by atoms with Crippen molar-refractivity contribution in [2.24, 2.45) is 11.8 Å². The fraction of sp³-hybridized carbons (Fsp3) is 0.933. The van der Waals surface area contributed by atoms with E-state index in [1.165, 1.54) is 25.9 Å². The summed E-state index contributed by atoms with van der Waals surface area (Å²) in [6.45, 7) is 8.96. The van der Waals surface area contributed by atoms with Gasteiger partial charge in [0, 0.05) is 31.1 Å². The van der Waals surface area contributed by atoms with E-state index in [-0.39, 0.29) is 0 Å². The van der Waals surface area contributed by atoms with Gasteiger partial charge in [-0.05, 0) is 17.4 Å². The Bertz CT molecular complexity index is 310. The zero-order valence-corrected chi connectivity index (χ0v) is 13.9. The van der Waals surface area contributed by atoms with Crippen LogP contribution in [0.15, 0.2) is 0 Å². The molecule has 0 aliphatic carbocycles. The van der Waals surface area contributed by atoms with Gasteiger partial charge in [0.1, 0.15) is 6.29 Å². The monoisotopic (exact) mass is 303 g/mol. The Kier molecular flexibility index (Phi) is 7.86. The van der Waals surface area contributed by atoms with E-state index >= 15 is 0 Å². The Labute approximate surface area is 124 Å². The van der Waals surface area contributed by atoms with Crippen LogP contribution in [-0.2, 0) is 9.36 Å². The van der Waals surface area contributed by atoms with Crippen molar-refractivity contribution >= 4 is 14.3 Å². The Morgan fingerprint density at radius 2 is 1.70 bits per heavy atom. The highest BCUT2D eigenvalue weighted by atomic mass is 31.1. The van der Waals surface area contributed by atoms with E-state index in [1.807, 2.05) is 0 Å². The van der Waals surface area contributed by atoms with Crippen molar-refractivity contribution in [1.82, 2.24) is 0 Å². The molecule has 0 radical (unpaired) electrons. The number of hydrogen-bond acceptors (Lipinski definition) is 2. The summed E-state index contributed by atoms with van der Waals surface area (Å²) in [6.07, 6.45) is 6.27. The molecule has 3 unspecified atom stereocenters. The van der Waals surface area contributed by atoms with Gasteiger partial charge in [-0.1, -0.05) is 13.8 Å². The predicted molar refractivity (Wildman–Crippen MR) is 81.9 cm³/mol. The van der Waals surface area contributed by atoms with Crippen LogP contribution in [0.1, 0.15) is 46.0 Å². The summed E-state index contributed by atoms with van der Waals surface area (Å²) in [6, 6.07) is 0. The number of nitrogens with zero attached hydrogens (tertiary/aromatic N) is 1. The molecule has 0 aromatic rings. The van der Waals surface area contributed by atoms with Crippen molar-refractivity contribution in [3.63, 3.8) is 0 Å². The lowest BCUT2D eigenvalue weighted by Crippen LogP contribution is -2.48. The van der Waals surface area contributed by atoms with Crippen LogP contribution >= 0.6 is 8.03 Å². The maximum Gasteiger partial charge on any atom is 0.505 e. The Balaban J connectivity index is 2.64. The second-order valence-electron chi connectivity index (χ2n) is 6.23. The molecule has 5 heteroatoms. The topological polar surface area (TPSA) is 54.4 Å². The molecule has 1 N–H and O–H groups in total. The molecule has 0 aromatic carbocycles. The van der Waals surface area contributed by atoms with E-state index in [1.54, 1.807) is 0 Å². The molecule has 3 atom stereocenters. The molecule has 0 amide bonds. The van der Waals surface area contributed by atoms with Crippen LogP contribution < -0.4 is 0 Å². The van der Waals surface area contributed by atoms with Crippen molar-refractivity contribution < 1.29 is 18.7 Å². The molecule has 0 saturated carbocycles. The summed E-state index contributed by atoms with van der Waals surface area (Å²) in [5.41, 5.74) is 0. The molecule has 1 heterocycles. The van der Waals surface area contributed by atoms with Crippen molar-refractivity contribution in [2.75, 3.05) is 32.3 Å². The van der Waals surface area contributed by atoms with Gasteiger partial charge < -0.3 is 9.28 Å². The van der Waals surface area contributed by atoms with Crippen LogP contribution in [0.25, 0.3) is 0 Å². The second-order valence-corrected chi connectivity index (χ2v) is 7.38. The molecule has 4 nitrogen and oxygen atoms in total. The van der Waals surface area contributed by atoms with Crippen LogP contribution in [0.3, 0.4) is 0 Å². The molecule has 0 bridgehead atoms. The fourth-order valence-electron chi connectivity index (χ4n) is 3.82. The van der Waals surface area contributed by atoms with Crippen LogP contribution in [0.5, 0.6) is 0 Å². The summed E-state index contributed by atoms with van der Waals surface area (Å²) in [7, 11) is -2.00. The van der Waals surface area contributed by atoms with Crippen LogP contribution in [0.4, 0.5) is 0 Å². The average Bonchev–Trinajstić information content (AvgIpc) is 2.77. The summed E-state index contributed by atoms with van der Waals surface area (Å²) in [4.78, 5) is 19.5. The number of rotatable bonds is 10. The van der Waals surface area contributed by atoms with Gasteiger partial charge in [0.2, 0.25) is 0 Å². The first kappa shape index (κ1) is 17.7. The van der Waals surface area contributed by atoms with Gasteiger partial charge in [0.15, 0.2) is 6.16 Å². The van der Waals surface area contributed by atoms with Crippen LogP contribution in [0, 0.1) is 11.8 Å². The molecule has 1 rings (SSSR count). The standard InChI is InChI=1S/C15H29NO3P/c1-3-14-12-16(8-5-6-10-17,13-15(14)4-2)9-7-11-20(18)19/h10,14-15H,3-9,11-13H2,1-2H3/q+1/p+1. The zero-order chi connectivity index (χ0) is 15.0. The van der Waals surface area contributed by atoms with Crippen molar-refractivity contribution in [2.45, 2.75) is 46.0 Å². The van der Waals surface area contributed by atoms with Gasteiger partial charge >= 0.3 is 8.03 Å². The summed E-state index contributed by atoms with van der Waals surface area (Å²) >= 11 is 0. The summed E-state index contributed by atoms with van der Waals surface area (Å²) in [5.74, 6) is 1.55. The number of aldehydes is 1. The number of quaternary nitrogens is 1. The van der Waals surface area contributed by atoms with Gasteiger partial charge in [0.25, 0.3) is 0 Å². The fourth-order valence-corrected chi connectivity index (χ4v) is 4.23.